The number of hydrogen-bond acceptors (Lipinski definition) is 3. The lowest BCUT2D eigenvalue weighted by Gasteiger charge is -2.13. The van der Waals surface area contributed by atoms with E-state index in [2.05, 4.69) is 41.6 Å². The third-order valence-corrected chi connectivity index (χ3v) is 3.50. The average molecular weight is 297 g/mol. The smallest absolute Gasteiger partial charge is 0.257 e. The van der Waals surface area contributed by atoms with Crippen molar-refractivity contribution in [1.82, 2.24) is 4.98 Å². The quantitative estimate of drug-likeness (QED) is 0.874. The van der Waals surface area contributed by atoms with Gasteiger partial charge in [-0.05, 0) is 44.4 Å². The summed E-state index contributed by atoms with van der Waals surface area (Å²) in [6.07, 6.45) is 4.35. The van der Waals surface area contributed by atoms with Crippen LogP contribution in [-0.4, -0.2) is 17.4 Å². The van der Waals surface area contributed by atoms with Crippen LogP contribution < -0.4 is 10.6 Å². The Bertz CT molecular complexity index is 657. The van der Waals surface area contributed by atoms with Gasteiger partial charge in [-0.15, -0.1) is 0 Å². The lowest BCUT2D eigenvalue weighted by atomic mass is 10.0. The summed E-state index contributed by atoms with van der Waals surface area (Å²) in [5.74, 6) is -0.136. The van der Waals surface area contributed by atoms with Gasteiger partial charge in [-0.1, -0.05) is 24.6 Å². The molecule has 0 aliphatic heterocycles. The number of carbonyl (C=O) groups is 1. The molecule has 0 saturated carbocycles. The molecular weight excluding hydrogens is 274 g/mol. The zero-order chi connectivity index (χ0) is 16.1. The van der Waals surface area contributed by atoms with Crippen molar-refractivity contribution in [2.75, 3.05) is 17.2 Å². The van der Waals surface area contributed by atoms with Gasteiger partial charge >= 0.3 is 0 Å². The van der Waals surface area contributed by atoms with Gasteiger partial charge in [-0.3, -0.25) is 9.78 Å². The normalized spacial score (nSPS) is 10.4. The maximum atomic E-state index is 12.5. The summed E-state index contributed by atoms with van der Waals surface area (Å²) in [5, 5.41) is 6.24. The van der Waals surface area contributed by atoms with E-state index in [0.29, 0.717) is 5.56 Å². The molecule has 22 heavy (non-hydrogen) atoms. The van der Waals surface area contributed by atoms with Crippen LogP contribution in [0.4, 0.5) is 11.4 Å². The highest BCUT2D eigenvalue weighted by Crippen LogP contribution is 2.22. The highest BCUT2D eigenvalue weighted by Gasteiger charge is 2.11. The van der Waals surface area contributed by atoms with E-state index in [9.17, 15) is 4.79 Å². The van der Waals surface area contributed by atoms with Crippen LogP contribution in [0, 0.1) is 20.8 Å². The summed E-state index contributed by atoms with van der Waals surface area (Å²) in [5.41, 5.74) is 5.63. The fraction of sp³-hybridized carbons (Fsp3) is 0.333. The van der Waals surface area contributed by atoms with E-state index in [1.165, 1.54) is 5.56 Å². The van der Waals surface area contributed by atoms with E-state index >= 15 is 0 Å². The third kappa shape index (κ3) is 3.85. The number of carbonyl (C=O) groups excluding carboxylic acids is 1. The first kappa shape index (κ1) is 16.0. The van der Waals surface area contributed by atoms with Crippen molar-refractivity contribution >= 4 is 17.3 Å². The SMILES string of the molecule is CCCNc1cncc(C(=O)Nc2c(C)cc(C)cc2C)c1. The fourth-order valence-electron chi connectivity index (χ4n) is 2.49. The minimum absolute atomic E-state index is 0.136. The second-order valence-corrected chi connectivity index (χ2v) is 5.62. The molecule has 4 heteroatoms. The molecule has 0 saturated heterocycles. The molecule has 0 spiro atoms. The number of nitrogens with zero attached hydrogens (tertiary/aromatic N) is 1. The van der Waals surface area contributed by atoms with Gasteiger partial charge in [0.2, 0.25) is 0 Å². The van der Waals surface area contributed by atoms with Crippen LogP contribution in [-0.2, 0) is 0 Å². The van der Waals surface area contributed by atoms with Gasteiger partial charge < -0.3 is 10.6 Å². The summed E-state index contributed by atoms with van der Waals surface area (Å²) in [6.45, 7) is 9.03. The molecule has 0 unspecified atom stereocenters. The molecule has 2 N–H and O–H groups in total. The summed E-state index contributed by atoms with van der Waals surface area (Å²) < 4.78 is 0. The number of pyridine rings is 1. The van der Waals surface area contributed by atoms with E-state index in [4.69, 9.17) is 0 Å². The van der Waals surface area contributed by atoms with Crippen LogP contribution in [0.25, 0.3) is 0 Å². The zero-order valence-corrected chi connectivity index (χ0v) is 13.7. The molecule has 0 aliphatic rings. The minimum atomic E-state index is -0.136. The molecule has 0 bridgehead atoms. The highest BCUT2D eigenvalue weighted by atomic mass is 16.1. The first-order valence-electron chi connectivity index (χ1n) is 7.59. The van der Waals surface area contributed by atoms with Gasteiger partial charge in [0.25, 0.3) is 5.91 Å². The molecule has 2 rings (SSSR count). The van der Waals surface area contributed by atoms with Crippen LogP contribution in [0.15, 0.2) is 30.6 Å². The van der Waals surface area contributed by atoms with Crippen molar-refractivity contribution < 1.29 is 4.79 Å². The summed E-state index contributed by atoms with van der Waals surface area (Å²) >= 11 is 0. The number of benzene rings is 1. The Morgan fingerprint density at radius 2 is 1.77 bits per heavy atom. The molecule has 1 heterocycles. The number of amides is 1. The maximum absolute atomic E-state index is 12.5. The second-order valence-electron chi connectivity index (χ2n) is 5.62. The van der Waals surface area contributed by atoms with Gasteiger partial charge in [-0.2, -0.15) is 0 Å². The van der Waals surface area contributed by atoms with Crippen molar-refractivity contribution in [3.8, 4) is 0 Å². The molecule has 1 amide bonds. The van der Waals surface area contributed by atoms with Crippen LogP contribution in [0.1, 0.15) is 40.4 Å². The summed E-state index contributed by atoms with van der Waals surface area (Å²) in [7, 11) is 0. The van der Waals surface area contributed by atoms with Gasteiger partial charge in [0.1, 0.15) is 0 Å². The first-order chi connectivity index (χ1) is 10.5. The Balaban J connectivity index is 2.19. The first-order valence-corrected chi connectivity index (χ1v) is 7.59. The van der Waals surface area contributed by atoms with Crippen molar-refractivity contribution in [3.05, 3.63) is 52.8 Å². The Morgan fingerprint density at radius 3 is 2.41 bits per heavy atom. The number of aryl methyl sites for hydroxylation is 3. The molecule has 116 valence electrons. The lowest BCUT2D eigenvalue weighted by Crippen LogP contribution is -2.14. The predicted molar refractivity (Wildman–Crippen MR) is 91.6 cm³/mol. The molecule has 1 aromatic heterocycles. The van der Waals surface area contributed by atoms with Crippen molar-refractivity contribution in [3.63, 3.8) is 0 Å². The van der Waals surface area contributed by atoms with Crippen LogP contribution in [0.2, 0.25) is 0 Å². The maximum Gasteiger partial charge on any atom is 0.257 e. The lowest BCUT2D eigenvalue weighted by molar-refractivity contribution is 0.102. The van der Waals surface area contributed by atoms with Crippen LogP contribution in [0.5, 0.6) is 0 Å². The molecule has 0 fully saturated rings. The number of hydrogen-bond donors (Lipinski definition) is 2. The molecule has 2 aromatic rings. The van der Waals surface area contributed by atoms with E-state index in [1.54, 1.807) is 12.4 Å². The van der Waals surface area contributed by atoms with Gasteiger partial charge in [0.05, 0.1) is 11.3 Å². The van der Waals surface area contributed by atoms with Crippen molar-refractivity contribution in [2.45, 2.75) is 34.1 Å². The predicted octanol–water partition coefficient (Wildman–Crippen LogP) is 4.08. The molecule has 0 aliphatic carbocycles. The van der Waals surface area contributed by atoms with E-state index in [0.717, 1.165) is 35.5 Å². The summed E-state index contributed by atoms with van der Waals surface area (Å²) in [6, 6.07) is 5.97. The van der Waals surface area contributed by atoms with Crippen LogP contribution >= 0.6 is 0 Å². The molecule has 4 nitrogen and oxygen atoms in total. The minimum Gasteiger partial charge on any atom is -0.384 e. The summed E-state index contributed by atoms with van der Waals surface area (Å²) in [4.78, 5) is 16.6. The van der Waals surface area contributed by atoms with Crippen molar-refractivity contribution in [1.29, 1.82) is 0 Å². The Kier molecular flexibility index (Phi) is 5.15. The van der Waals surface area contributed by atoms with E-state index in [1.807, 2.05) is 19.9 Å². The number of anilines is 2. The van der Waals surface area contributed by atoms with Crippen LogP contribution in [0.3, 0.4) is 0 Å². The number of rotatable bonds is 5. The van der Waals surface area contributed by atoms with Gasteiger partial charge in [0, 0.05) is 24.6 Å². The molecule has 0 atom stereocenters. The van der Waals surface area contributed by atoms with Gasteiger partial charge in [0.15, 0.2) is 0 Å². The Labute approximate surface area is 132 Å². The molecular formula is C18H23N3O. The highest BCUT2D eigenvalue weighted by molar-refractivity contribution is 6.05. The Morgan fingerprint density at radius 1 is 1.09 bits per heavy atom. The molecule has 1 aromatic carbocycles. The topological polar surface area (TPSA) is 54.0 Å². The monoisotopic (exact) mass is 297 g/mol. The molecule has 0 radical (unpaired) electrons. The fourth-order valence-corrected chi connectivity index (χ4v) is 2.49. The standard InChI is InChI=1S/C18H23N3O/c1-5-6-20-16-9-15(10-19-11-16)18(22)21-17-13(3)7-12(2)8-14(17)4/h7-11,20H,5-6H2,1-4H3,(H,21,22). The Hall–Kier alpha value is -2.36. The number of nitrogens with one attached hydrogen (secondary N) is 2. The zero-order valence-electron chi connectivity index (χ0n) is 13.7. The average Bonchev–Trinajstić information content (AvgIpc) is 2.49. The van der Waals surface area contributed by atoms with Gasteiger partial charge in [-0.25, -0.2) is 0 Å². The third-order valence-electron chi connectivity index (χ3n) is 3.50. The largest absolute Gasteiger partial charge is 0.384 e. The number of aromatic nitrogens is 1. The van der Waals surface area contributed by atoms with E-state index in [-0.39, 0.29) is 5.91 Å². The second kappa shape index (κ2) is 7.07. The van der Waals surface area contributed by atoms with E-state index < -0.39 is 0 Å². The van der Waals surface area contributed by atoms with Crippen molar-refractivity contribution in [2.24, 2.45) is 0 Å².